The molecule has 0 aliphatic rings. The van der Waals surface area contributed by atoms with Gasteiger partial charge in [-0.2, -0.15) is 0 Å². The molecule has 0 spiro atoms. The fourth-order valence-electron chi connectivity index (χ4n) is 3.15. The Morgan fingerprint density at radius 2 is 1.44 bits per heavy atom. The molecule has 2 atom stereocenters. The first-order valence-electron chi connectivity index (χ1n) is 11.6. The minimum atomic E-state index is -0.825. The average molecular weight is 455 g/mol. The molecule has 186 valence electrons. The molecule has 0 saturated carbocycles. The molecule has 0 radical (unpaired) electrons. The predicted octanol–water partition coefficient (Wildman–Crippen LogP) is 3.86. The van der Waals surface area contributed by atoms with Gasteiger partial charge in [-0.05, 0) is 74.9 Å². The fraction of sp³-hybridized carbons (Fsp3) is 0.875. The first kappa shape index (κ1) is 30.4. The van der Waals surface area contributed by atoms with E-state index in [1.807, 2.05) is 74.4 Å². The highest BCUT2D eigenvalue weighted by Crippen LogP contribution is 2.40. The predicted molar refractivity (Wildman–Crippen MR) is 129 cm³/mol. The Kier molecular flexibility index (Phi) is 11.5. The molecule has 7 nitrogen and oxygen atoms in total. The number of likely N-dealkylation sites (N-methyl/N-ethyl adjacent to an activating group) is 1. The molecule has 0 bridgehead atoms. The summed E-state index contributed by atoms with van der Waals surface area (Å²) in [4.78, 5) is 40.1. The zero-order valence-electron chi connectivity index (χ0n) is 22.3. The van der Waals surface area contributed by atoms with Crippen LogP contribution in [0.25, 0.3) is 0 Å². The van der Waals surface area contributed by atoms with E-state index in [1.54, 1.807) is 0 Å². The lowest BCUT2D eigenvalue weighted by atomic mass is 9.46. The van der Waals surface area contributed by atoms with Gasteiger partial charge in [-0.15, -0.1) is 0 Å². The zero-order valence-corrected chi connectivity index (χ0v) is 22.3. The Hall–Kier alpha value is -1.57. The number of rotatable bonds is 13. The van der Waals surface area contributed by atoms with E-state index < -0.39 is 21.7 Å². The first-order valence-corrected chi connectivity index (χ1v) is 11.6. The number of carbonyl (C=O) groups excluding carboxylic acids is 3. The Morgan fingerprint density at radius 1 is 0.875 bits per heavy atom. The highest BCUT2D eigenvalue weighted by Gasteiger charge is 2.43. The van der Waals surface area contributed by atoms with Crippen LogP contribution in [0.2, 0.25) is 11.6 Å². The van der Waals surface area contributed by atoms with Crippen molar-refractivity contribution in [2.75, 3.05) is 34.4 Å². The van der Waals surface area contributed by atoms with Gasteiger partial charge >= 0.3 is 17.9 Å². The molecule has 0 rings (SSSR count). The van der Waals surface area contributed by atoms with Crippen LogP contribution in [0.3, 0.4) is 0 Å². The number of esters is 3. The Labute approximate surface area is 196 Å². The van der Waals surface area contributed by atoms with E-state index in [9.17, 15) is 14.4 Å². The lowest BCUT2D eigenvalue weighted by molar-refractivity contribution is -0.167. The van der Waals surface area contributed by atoms with Gasteiger partial charge in [-0.25, -0.2) is 0 Å². The van der Waals surface area contributed by atoms with Crippen molar-refractivity contribution in [2.45, 2.75) is 91.9 Å². The van der Waals surface area contributed by atoms with Gasteiger partial charge in [0.1, 0.15) is 19.5 Å². The van der Waals surface area contributed by atoms with Crippen LogP contribution in [-0.4, -0.2) is 70.0 Å². The molecule has 0 heterocycles. The van der Waals surface area contributed by atoms with Crippen LogP contribution in [0.15, 0.2) is 0 Å². The van der Waals surface area contributed by atoms with Gasteiger partial charge in [0.25, 0.3) is 0 Å². The summed E-state index contributed by atoms with van der Waals surface area (Å²) in [5.74, 6) is -0.875. The van der Waals surface area contributed by atoms with Crippen LogP contribution in [0.5, 0.6) is 0 Å². The standard InChI is InChI=1S/C24H46BNO6/c1-12-24(8,20(29)31-16-15-26(9)10)25-17-23(7,19(28)30-11)14-13-22(5,6)18(27)32-21(2,3)4/h25H,12-17H2,1-11H3. The third-order valence-corrected chi connectivity index (χ3v) is 6.20. The monoisotopic (exact) mass is 455 g/mol. The smallest absolute Gasteiger partial charge is 0.312 e. The summed E-state index contributed by atoms with van der Waals surface area (Å²) in [6.45, 7) is 15.8. The second kappa shape index (κ2) is 12.1. The maximum absolute atomic E-state index is 12.8. The van der Waals surface area contributed by atoms with E-state index in [0.29, 0.717) is 46.0 Å². The highest BCUT2D eigenvalue weighted by atomic mass is 16.6. The SMILES string of the molecule is CCC(C)(BCC(C)(CCC(C)(C)C(=O)OC(C)(C)C)C(=O)OC)C(=O)OCCN(C)C. The molecular weight excluding hydrogens is 409 g/mol. The van der Waals surface area contributed by atoms with E-state index >= 15 is 0 Å². The van der Waals surface area contributed by atoms with Crippen molar-refractivity contribution in [1.82, 2.24) is 4.90 Å². The van der Waals surface area contributed by atoms with Crippen molar-refractivity contribution in [2.24, 2.45) is 10.8 Å². The van der Waals surface area contributed by atoms with Crippen molar-refractivity contribution in [3.8, 4) is 0 Å². The lowest BCUT2D eigenvalue weighted by Gasteiger charge is -2.34. The molecule has 0 amide bonds. The van der Waals surface area contributed by atoms with Gasteiger partial charge in [0.15, 0.2) is 0 Å². The Morgan fingerprint density at radius 3 is 1.88 bits per heavy atom. The van der Waals surface area contributed by atoms with Crippen LogP contribution < -0.4 is 0 Å². The Bertz CT molecular complexity index is 643. The normalized spacial score (nSPS) is 16.0. The van der Waals surface area contributed by atoms with E-state index in [1.165, 1.54) is 7.11 Å². The number of nitrogens with zero attached hydrogens (tertiary/aromatic N) is 1. The molecule has 0 fully saturated rings. The van der Waals surface area contributed by atoms with Crippen molar-refractivity contribution in [1.29, 1.82) is 0 Å². The van der Waals surface area contributed by atoms with Crippen LogP contribution in [0, 0.1) is 10.8 Å². The van der Waals surface area contributed by atoms with Gasteiger partial charge in [-0.1, -0.05) is 20.2 Å². The van der Waals surface area contributed by atoms with Crippen molar-refractivity contribution >= 4 is 25.2 Å². The van der Waals surface area contributed by atoms with E-state index in [0.717, 1.165) is 0 Å². The molecule has 8 heteroatoms. The van der Waals surface area contributed by atoms with Gasteiger partial charge in [-0.3, -0.25) is 14.4 Å². The molecular formula is C24H46BNO6. The van der Waals surface area contributed by atoms with Gasteiger partial charge in [0.05, 0.1) is 17.9 Å². The molecule has 0 saturated heterocycles. The molecule has 2 unspecified atom stereocenters. The fourth-order valence-corrected chi connectivity index (χ4v) is 3.15. The van der Waals surface area contributed by atoms with Crippen molar-refractivity contribution in [3.63, 3.8) is 0 Å². The minimum Gasteiger partial charge on any atom is -0.469 e. The van der Waals surface area contributed by atoms with Crippen LogP contribution in [-0.2, 0) is 28.6 Å². The molecule has 0 aromatic heterocycles. The average Bonchev–Trinajstić information content (AvgIpc) is 2.68. The summed E-state index contributed by atoms with van der Waals surface area (Å²) >= 11 is 0. The summed E-state index contributed by atoms with van der Waals surface area (Å²) in [5.41, 5.74) is -2.15. The van der Waals surface area contributed by atoms with Gasteiger partial charge < -0.3 is 19.1 Å². The largest absolute Gasteiger partial charge is 0.469 e. The summed E-state index contributed by atoms with van der Waals surface area (Å²) in [6, 6.07) is 0. The molecule has 0 aromatic carbocycles. The van der Waals surface area contributed by atoms with Gasteiger partial charge in [0, 0.05) is 11.9 Å². The Balaban J connectivity index is 5.32. The quantitative estimate of drug-likeness (QED) is 0.237. The second-order valence-electron chi connectivity index (χ2n) is 11.3. The zero-order chi connectivity index (χ0) is 25.4. The van der Waals surface area contributed by atoms with E-state index in [4.69, 9.17) is 14.2 Å². The van der Waals surface area contributed by atoms with Crippen LogP contribution in [0.1, 0.15) is 74.7 Å². The first-order chi connectivity index (χ1) is 14.4. The van der Waals surface area contributed by atoms with Gasteiger partial charge in [0.2, 0.25) is 0 Å². The topological polar surface area (TPSA) is 82.1 Å². The van der Waals surface area contributed by atoms with Crippen LogP contribution >= 0.6 is 0 Å². The molecule has 0 aromatic rings. The van der Waals surface area contributed by atoms with Crippen LogP contribution in [0.4, 0.5) is 0 Å². The maximum Gasteiger partial charge on any atom is 0.312 e. The summed E-state index contributed by atoms with van der Waals surface area (Å²) in [5, 5.41) is -0.692. The number of carbonyl (C=O) groups is 3. The molecule has 0 N–H and O–H groups in total. The minimum absolute atomic E-state index is 0.247. The number of hydrogen-bond acceptors (Lipinski definition) is 7. The lowest BCUT2D eigenvalue weighted by Crippen LogP contribution is -2.39. The summed E-state index contributed by atoms with van der Waals surface area (Å²) < 4.78 is 16.1. The van der Waals surface area contributed by atoms with E-state index in [2.05, 4.69) is 0 Å². The molecule has 0 aliphatic heterocycles. The van der Waals surface area contributed by atoms with Crippen molar-refractivity contribution in [3.05, 3.63) is 0 Å². The molecule has 0 aliphatic carbocycles. The molecule has 32 heavy (non-hydrogen) atoms. The van der Waals surface area contributed by atoms with Crippen molar-refractivity contribution < 1.29 is 28.6 Å². The summed E-state index contributed by atoms with van der Waals surface area (Å²) in [6.07, 6.45) is 1.97. The second-order valence-corrected chi connectivity index (χ2v) is 11.3. The number of hydrogen-bond donors (Lipinski definition) is 0. The number of methoxy groups -OCH3 is 1. The highest BCUT2D eigenvalue weighted by molar-refractivity contribution is 6.47. The van der Waals surface area contributed by atoms with E-state index in [-0.39, 0.29) is 17.9 Å². The third kappa shape index (κ3) is 9.93. The summed E-state index contributed by atoms with van der Waals surface area (Å²) in [7, 11) is 5.71. The number of ether oxygens (including phenoxy) is 3. The third-order valence-electron chi connectivity index (χ3n) is 6.20. The maximum atomic E-state index is 12.8.